The molecule has 0 N–H and O–H groups in total. The number of aromatic nitrogens is 1. The van der Waals surface area contributed by atoms with E-state index in [1.807, 2.05) is 6.07 Å². The first kappa shape index (κ1) is 22.7. The van der Waals surface area contributed by atoms with Crippen molar-refractivity contribution in [3.8, 4) is 11.1 Å². The Bertz CT molecular complexity index is 1110. The fraction of sp³-hybridized carbons (Fsp3) is 0.321. The Morgan fingerprint density at radius 2 is 1.64 bits per heavy atom. The largest absolute Gasteiger partial charge is 0.348 e. The molecule has 0 saturated carbocycles. The van der Waals surface area contributed by atoms with Gasteiger partial charge in [-0.25, -0.2) is 0 Å². The molecule has 5 heteroatoms. The molecule has 0 aliphatic carbocycles. The van der Waals surface area contributed by atoms with E-state index in [0.717, 1.165) is 24.0 Å². The lowest BCUT2D eigenvalue weighted by Crippen LogP contribution is -2.54. The van der Waals surface area contributed by atoms with Crippen molar-refractivity contribution in [1.82, 2.24) is 14.8 Å². The van der Waals surface area contributed by atoms with Crippen LogP contribution in [-0.2, 0) is 11.2 Å². The van der Waals surface area contributed by atoms with Crippen LogP contribution in [0.15, 0.2) is 72.9 Å². The average Bonchev–Trinajstić information content (AvgIpc) is 2.85. The average molecular weight is 442 g/mol. The van der Waals surface area contributed by atoms with Crippen molar-refractivity contribution in [1.29, 1.82) is 0 Å². The van der Waals surface area contributed by atoms with Crippen LogP contribution in [0.3, 0.4) is 0 Å². The van der Waals surface area contributed by atoms with E-state index in [1.165, 1.54) is 11.1 Å². The van der Waals surface area contributed by atoms with Gasteiger partial charge in [-0.05, 0) is 55.0 Å². The number of piperidine rings is 1. The van der Waals surface area contributed by atoms with Crippen LogP contribution in [0.2, 0.25) is 0 Å². The standard InChI is InChI=1S/C28H31N3O2/c1-21-8-12-23(13-9-21)24-14-10-22(11-15-24)19-28(27(33)30(2)3)16-6-18-31(20-28)26(32)25-7-4-5-17-29-25/h4-5,7-15,17H,6,16,18-20H2,1-3H3. The summed E-state index contributed by atoms with van der Waals surface area (Å²) in [5, 5.41) is 0. The van der Waals surface area contributed by atoms with E-state index in [2.05, 4.69) is 60.4 Å². The first-order valence-electron chi connectivity index (χ1n) is 11.5. The Kier molecular flexibility index (Phi) is 6.59. The lowest BCUT2D eigenvalue weighted by molar-refractivity contribution is -0.142. The highest BCUT2D eigenvalue weighted by Crippen LogP contribution is 2.36. The normalized spacial score (nSPS) is 18.1. The van der Waals surface area contributed by atoms with Gasteiger partial charge in [0, 0.05) is 33.4 Å². The second kappa shape index (κ2) is 9.57. The Hall–Kier alpha value is -3.47. The maximum Gasteiger partial charge on any atom is 0.272 e. The number of hydrogen-bond donors (Lipinski definition) is 0. The molecule has 33 heavy (non-hydrogen) atoms. The number of amides is 2. The van der Waals surface area contributed by atoms with Crippen molar-refractivity contribution in [3.63, 3.8) is 0 Å². The molecule has 2 aromatic carbocycles. The van der Waals surface area contributed by atoms with Crippen LogP contribution in [-0.4, -0.2) is 53.8 Å². The number of carbonyl (C=O) groups is 2. The van der Waals surface area contributed by atoms with E-state index in [4.69, 9.17) is 0 Å². The monoisotopic (exact) mass is 441 g/mol. The molecular formula is C28H31N3O2. The number of benzene rings is 2. The highest BCUT2D eigenvalue weighted by atomic mass is 16.2. The molecule has 1 aromatic heterocycles. The molecule has 1 aliphatic rings. The van der Waals surface area contributed by atoms with E-state index in [-0.39, 0.29) is 11.8 Å². The molecule has 1 atom stereocenters. The number of hydrogen-bond acceptors (Lipinski definition) is 3. The predicted octanol–water partition coefficient (Wildman–Crippen LogP) is 4.61. The maximum absolute atomic E-state index is 13.4. The summed E-state index contributed by atoms with van der Waals surface area (Å²) in [7, 11) is 3.59. The van der Waals surface area contributed by atoms with E-state index in [1.54, 1.807) is 42.2 Å². The summed E-state index contributed by atoms with van der Waals surface area (Å²) in [5.41, 5.74) is 4.46. The summed E-state index contributed by atoms with van der Waals surface area (Å²) in [6.45, 7) is 3.13. The molecule has 2 amide bonds. The topological polar surface area (TPSA) is 53.5 Å². The minimum Gasteiger partial charge on any atom is -0.348 e. The van der Waals surface area contributed by atoms with Crippen molar-refractivity contribution in [2.75, 3.05) is 27.2 Å². The van der Waals surface area contributed by atoms with E-state index in [0.29, 0.717) is 25.2 Å². The van der Waals surface area contributed by atoms with Crippen molar-refractivity contribution in [3.05, 3.63) is 89.7 Å². The molecule has 3 aromatic rings. The van der Waals surface area contributed by atoms with Gasteiger partial charge in [-0.1, -0.05) is 60.2 Å². The van der Waals surface area contributed by atoms with E-state index >= 15 is 0 Å². The van der Waals surface area contributed by atoms with Gasteiger partial charge < -0.3 is 9.80 Å². The molecule has 1 unspecified atom stereocenters. The first-order valence-corrected chi connectivity index (χ1v) is 11.5. The number of carbonyl (C=O) groups excluding carboxylic acids is 2. The quantitative estimate of drug-likeness (QED) is 0.581. The number of likely N-dealkylation sites (tertiary alicyclic amines) is 1. The van der Waals surface area contributed by atoms with Crippen molar-refractivity contribution < 1.29 is 9.59 Å². The third-order valence-electron chi connectivity index (χ3n) is 6.49. The predicted molar refractivity (Wildman–Crippen MR) is 131 cm³/mol. The second-order valence-corrected chi connectivity index (χ2v) is 9.26. The minimum absolute atomic E-state index is 0.0728. The maximum atomic E-state index is 13.4. The number of rotatable bonds is 5. The lowest BCUT2D eigenvalue weighted by atomic mass is 9.73. The Labute approximate surface area is 196 Å². The van der Waals surface area contributed by atoms with E-state index < -0.39 is 5.41 Å². The molecule has 1 fully saturated rings. The van der Waals surface area contributed by atoms with Crippen LogP contribution in [0.25, 0.3) is 11.1 Å². The van der Waals surface area contributed by atoms with Crippen LogP contribution < -0.4 is 0 Å². The summed E-state index contributed by atoms with van der Waals surface area (Å²) in [5.74, 6) is -0.0374. The number of nitrogens with zero attached hydrogens (tertiary/aromatic N) is 3. The van der Waals surface area contributed by atoms with Gasteiger partial charge in [-0.3, -0.25) is 14.6 Å². The van der Waals surface area contributed by atoms with Gasteiger partial charge in [0.2, 0.25) is 5.91 Å². The van der Waals surface area contributed by atoms with Crippen LogP contribution >= 0.6 is 0 Å². The van der Waals surface area contributed by atoms with Gasteiger partial charge in [-0.2, -0.15) is 0 Å². The fourth-order valence-electron chi connectivity index (χ4n) is 4.78. The van der Waals surface area contributed by atoms with Crippen molar-refractivity contribution in [2.24, 2.45) is 5.41 Å². The molecule has 0 bridgehead atoms. The molecule has 1 aliphatic heterocycles. The van der Waals surface area contributed by atoms with Crippen LogP contribution in [0.4, 0.5) is 0 Å². The third kappa shape index (κ3) is 4.98. The Morgan fingerprint density at radius 1 is 0.970 bits per heavy atom. The molecule has 170 valence electrons. The highest BCUT2D eigenvalue weighted by molar-refractivity contribution is 5.93. The zero-order chi connectivity index (χ0) is 23.4. The Morgan fingerprint density at radius 3 is 2.24 bits per heavy atom. The number of aryl methyl sites for hydroxylation is 1. The van der Waals surface area contributed by atoms with Gasteiger partial charge in [0.15, 0.2) is 0 Å². The summed E-state index contributed by atoms with van der Waals surface area (Å²) in [4.78, 5) is 34.2. The molecule has 4 rings (SSSR count). The summed E-state index contributed by atoms with van der Waals surface area (Å²) >= 11 is 0. The molecule has 0 radical (unpaired) electrons. The zero-order valence-corrected chi connectivity index (χ0v) is 19.6. The smallest absolute Gasteiger partial charge is 0.272 e. The molecule has 2 heterocycles. The van der Waals surface area contributed by atoms with Crippen LogP contribution in [0, 0.1) is 12.3 Å². The Balaban J connectivity index is 1.58. The van der Waals surface area contributed by atoms with E-state index in [9.17, 15) is 9.59 Å². The summed E-state index contributed by atoms with van der Waals surface area (Å²) < 4.78 is 0. The first-order chi connectivity index (χ1) is 15.9. The van der Waals surface area contributed by atoms with Gasteiger partial charge in [0.05, 0.1) is 5.41 Å². The summed E-state index contributed by atoms with van der Waals surface area (Å²) in [6, 6.07) is 22.3. The fourth-order valence-corrected chi connectivity index (χ4v) is 4.78. The zero-order valence-electron chi connectivity index (χ0n) is 19.6. The number of pyridine rings is 1. The minimum atomic E-state index is -0.641. The highest BCUT2D eigenvalue weighted by Gasteiger charge is 2.44. The molecule has 0 spiro atoms. The van der Waals surface area contributed by atoms with Crippen LogP contribution in [0.1, 0.15) is 34.5 Å². The lowest BCUT2D eigenvalue weighted by Gasteiger charge is -2.43. The van der Waals surface area contributed by atoms with Crippen molar-refractivity contribution in [2.45, 2.75) is 26.2 Å². The SMILES string of the molecule is Cc1ccc(-c2ccc(CC3(C(=O)N(C)C)CCCN(C(=O)c4ccccn4)C3)cc2)cc1. The molecule has 1 saturated heterocycles. The van der Waals surface area contributed by atoms with Gasteiger partial charge in [0.1, 0.15) is 5.69 Å². The summed E-state index contributed by atoms with van der Waals surface area (Å²) in [6.07, 6.45) is 3.78. The third-order valence-corrected chi connectivity index (χ3v) is 6.49. The van der Waals surface area contributed by atoms with Crippen molar-refractivity contribution >= 4 is 11.8 Å². The molecule has 5 nitrogen and oxygen atoms in total. The molecular weight excluding hydrogens is 410 g/mol. The van der Waals surface area contributed by atoms with Gasteiger partial charge in [0.25, 0.3) is 5.91 Å². The van der Waals surface area contributed by atoms with Gasteiger partial charge in [-0.15, -0.1) is 0 Å². The second-order valence-electron chi connectivity index (χ2n) is 9.26. The van der Waals surface area contributed by atoms with Crippen LogP contribution in [0.5, 0.6) is 0 Å². The van der Waals surface area contributed by atoms with Gasteiger partial charge >= 0.3 is 0 Å².